The van der Waals surface area contributed by atoms with Gasteiger partial charge in [-0.1, -0.05) is 114 Å². The van der Waals surface area contributed by atoms with Gasteiger partial charge < -0.3 is 20.6 Å². The van der Waals surface area contributed by atoms with E-state index in [0.29, 0.717) is 21.5 Å². The number of rotatable bonds is 4. The van der Waals surface area contributed by atoms with Crippen LogP contribution in [0.1, 0.15) is 98.4 Å². The second-order valence-electron chi connectivity index (χ2n) is 8.03. The van der Waals surface area contributed by atoms with Crippen LogP contribution in [0.3, 0.4) is 0 Å². The maximum atomic E-state index is 12.2. The highest BCUT2D eigenvalue weighted by molar-refractivity contribution is 7.17. The van der Waals surface area contributed by atoms with Gasteiger partial charge in [-0.25, -0.2) is 0 Å². The van der Waals surface area contributed by atoms with Crippen molar-refractivity contribution in [3.63, 3.8) is 0 Å². The third-order valence-corrected chi connectivity index (χ3v) is 7.30. The molecule has 0 spiro atoms. The molecule has 0 saturated carbocycles. The van der Waals surface area contributed by atoms with E-state index in [-0.39, 0.29) is 44.3 Å². The molecule has 0 fully saturated rings. The van der Waals surface area contributed by atoms with Crippen LogP contribution in [0.4, 0.5) is 11.4 Å². The number of aromatic amines is 2. The third-order valence-electron chi connectivity index (χ3n) is 5.54. The minimum atomic E-state index is -0.402. The van der Waals surface area contributed by atoms with E-state index >= 15 is 0 Å². The predicted molar refractivity (Wildman–Crippen MR) is 219 cm³/mol. The molecule has 4 heterocycles. The summed E-state index contributed by atoms with van der Waals surface area (Å²) in [5.74, 6) is -0.802. The van der Waals surface area contributed by atoms with Gasteiger partial charge in [-0.05, 0) is 47.2 Å². The van der Waals surface area contributed by atoms with Crippen LogP contribution in [-0.2, 0) is 0 Å². The fraction of sp³-hybridized carbons (Fsp3) is 0.282. The standard InChI is InChI=1S/2C14H10N2O2S.4C2H6.3CH4/c17-12-10(8-15-11-6-7-19-13(11)12)14(18)16-9-4-2-1-3-5-9;17-12-10-6-7-19-14(10)15-8-11(12)13(18)16-9-4-2-1-3-5-9;4*1-2;;;/h2*1-8H,(H,15,17)(H,16,18);4*1-2H3;3*1H4. The van der Waals surface area contributed by atoms with Gasteiger partial charge in [0.15, 0.2) is 0 Å². The number of carbonyl (C=O) groups is 2. The van der Waals surface area contributed by atoms with Crippen molar-refractivity contribution in [3.05, 3.63) is 128 Å². The Kier molecular flexibility index (Phi) is 27.0. The van der Waals surface area contributed by atoms with E-state index in [4.69, 9.17) is 0 Å². The number of hydrogen-bond donors (Lipinski definition) is 4. The summed E-state index contributed by atoms with van der Waals surface area (Å²) in [6.07, 6.45) is 2.91. The normalized spacial score (nSPS) is 8.65. The maximum absolute atomic E-state index is 12.2. The lowest BCUT2D eigenvalue weighted by molar-refractivity contribution is 0.101. The predicted octanol–water partition coefficient (Wildman–Crippen LogP) is 11.7. The molecule has 4 aromatic heterocycles. The van der Waals surface area contributed by atoms with Crippen LogP contribution in [-0.4, -0.2) is 21.8 Å². The Morgan fingerprint density at radius 1 is 0.551 bits per heavy atom. The van der Waals surface area contributed by atoms with Crippen molar-refractivity contribution in [1.29, 1.82) is 0 Å². The van der Waals surface area contributed by atoms with Gasteiger partial charge in [0.25, 0.3) is 11.8 Å². The van der Waals surface area contributed by atoms with Gasteiger partial charge in [0.2, 0.25) is 10.9 Å². The second kappa shape index (κ2) is 27.2. The van der Waals surface area contributed by atoms with Gasteiger partial charge in [-0.3, -0.25) is 19.2 Å². The highest BCUT2D eigenvalue weighted by atomic mass is 32.1. The van der Waals surface area contributed by atoms with Crippen LogP contribution in [0, 0.1) is 0 Å². The Bertz CT molecular complexity index is 1720. The highest BCUT2D eigenvalue weighted by Gasteiger charge is 2.14. The lowest BCUT2D eigenvalue weighted by Crippen LogP contribution is -2.21. The number of para-hydroxylation sites is 2. The fourth-order valence-electron chi connectivity index (χ4n) is 3.66. The molecule has 6 aromatic rings. The van der Waals surface area contributed by atoms with E-state index in [2.05, 4.69) is 20.6 Å². The number of aromatic nitrogens is 2. The monoisotopic (exact) mass is 708 g/mol. The van der Waals surface area contributed by atoms with Crippen molar-refractivity contribution >= 4 is 66.3 Å². The summed E-state index contributed by atoms with van der Waals surface area (Å²) < 4.78 is 0.570. The Morgan fingerprint density at radius 3 is 1.47 bits per heavy atom. The van der Waals surface area contributed by atoms with Crippen molar-refractivity contribution in [2.75, 3.05) is 10.6 Å². The maximum Gasteiger partial charge on any atom is 0.261 e. The number of thiophene rings is 2. The first-order chi connectivity index (χ1) is 22.5. The molecule has 49 heavy (non-hydrogen) atoms. The van der Waals surface area contributed by atoms with Gasteiger partial charge in [0.1, 0.15) is 16.0 Å². The highest BCUT2D eigenvalue weighted by Crippen LogP contribution is 2.16. The Morgan fingerprint density at radius 2 is 0.980 bits per heavy atom. The Hall–Kier alpha value is -4.80. The molecule has 8 nitrogen and oxygen atoms in total. The molecule has 0 aliphatic heterocycles. The zero-order valence-electron chi connectivity index (χ0n) is 27.7. The van der Waals surface area contributed by atoms with Gasteiger partial charge in [0, 0.05) is 23.8 Å². The number of benzene rings is 2. The number of nitrogens with one attached hydrogen (secondary N) is 4. The van der Waals surface area contributed by atoms with Crippen LogP contribution in [0.15, 0.2) is 106 Å². The molecule has 0 aliphatic carbocycles. The van der Waals surface area contributed by atoms with E-state index < -0.39 is 11.8 Å². The summed E-state index contributed by atoms with van der Waals surface area (Å²) in [7, 11) is 0. The van der Waals surface area contributed by atoms with Crippen LogP contribution in [0.25, 0.3) is 20.4 Å². The first-order valence-electron chi connectivity index (χ1n) is 15.4. The summed E-state index contributed by atoms with van der Waals surface area (Å²) in [6, 6.07) is 21.6. The van der Waals surface area contributed by atoms with Crippen LogP contribution < -0.4 is 21.5 Å². The largest absolute Gasteiger partial charge is 0.359 e. The second-order valence-corrected chi connectivity index (χ2v) is 9.86. The summed E-state index contributed by atoms with van der Waals surface area (Å²) in [4.78, 5) is 55.1. The molecule has 4 N–H and O–H groups in total. The number of fused-ring (bicyclic) bond motifs is 2. The molecule has 0 unspecified atom stereocenters. The van der Waals surface area contributed by atoms with E-state index in [1.54, 1.807) is 30.3 Å². The molecular formula is C39H56N4O4S2. The molecule has 0 atom stereocenters. The smallest absolute Gasteiger partial charge is 0.261 e. The topological polar surface area (TPSA) is 124 Å². The molecule has 2 aromatic carbocycles. The van der Waals surface area contributed by atoms with E-state index in [0.717, 1.165) is 10.3 Å². The van der Waals surface area contributed by atoms with Gasteiger partial charge in [-0.15, -0.1) is 22.7 Å². The minimum absolute atomic E-state index is 0. The zero-order valence-corrected chi connectivity index (χ0v) is 29.3. The zero-order chi connectivity index (χ0) is 34.5. The molecule has 0 bridgehead atoms. The quantitative estimate of drug-likeness (QED) is 0.145. The van der Waals surface area contributed by atoms with E-state index in [9.17, 15) is 19.2 Å². The van der Waals surface area contributed by atoms with E-state index in [1.165, 1.54) is 35.1 Å². The first-order valence-corrected chi connectivity index (χ1v) is 17.2. The third kappa shape index (κ3) is 13.7. The molecule has 0 saturated heterocycles. The molecule has 268 valence electrons. The lowest BCUT2D eigenvalue weighted by atomic mass is 10.2. The summed E-state index contributed by atoms with van der Waals surface area (Å²) in [5, 5.41) is 9.59. The SMILES string of the molecule is C.C.C.CC.CC.CC.CC.O=C(Nc1ccccc1)c1c[nH]c2ccsc2c1=O.O=C(Nc1ccccc1)c1c[nH]c2sccc2c1=O. The van der Waals surface area contributed by atoms with E-state index in [1.807, 2.05) is 109 Å². The van der Waals surface area contributed by atoms with Gasteiger partial charge in [0.05, 0.1) is 15.6 Å². The Labute approximate surface area is 300 Å². The van der Waals surface area contributed by atoms with Gasteiger partial charge in [-0.2, -0.15) is 0 Å². The number of anilines is 2. The summed E-state index contributed by atoms with van der Waals surface area (Å²) in [6.45, 7) is 16.0. The average Bonchev–Trinajstić information content (AvgIpc) is 3.81. The van der Waals surface area contributed by atoms with Gasteiger partial charge >= 0.3 is 0 Å². The van der Waals surface area contributed by atoms with Crippen molar-refractivity contribution in [2.45, 2.75) is 77.7 Å². The van der Waals surface area contributed by atoms with Crippen LogP contribution >= 0.6 is 22.7 Å². The molecular weight excluding hydrogens is 653 g/mol. The number of pyridine rings is 2. The molecule has 6 rings (SSSR count). The van der Waals surface area contributed by atoms with Crippen molar-refractivity contribution in [3.8, 4) is 0 Å². The number of amides is 2. The van der Waals surface area contributed by atoms with Crippen LogP contribution in [0.2, 0.25) is 0 Å². The first kappa shape index (κ1) is 48.6. The Balaban J connectivity index is -0.000000683. The van der Waals surface area contributed by atoms with Crippen molar-refractivity contribution < 1.29 is 9.59 Å². The van der Waals surface area contributed by atoms with Crippen LogP contribution in [0.5, 0.6) is 0 Å². The average molecular weight is 709 g/mol. The summed E-state index contributed by atoms with van der Waals surface area (Å²) >= 11 is 2.77. The van der Waals surface area contributed by atoms with Crippen molar-refractivity contribution in [2.24, 2.45) is 0 Å². The molecule has 0 aliphatic rings. The fourth-order valence-corrected chi connectivity index (χ4v) is 5.23. The van der Waals surface area contributed by atoms with Crippen molar-refractivity contribution in [1.82, 2.24) is 9.97 Å². The summed E-state index contributed by atoms with van der Waals surface area (Å²) in [5.41, 5.74) is 1.84. The molecule has 0 radical (unpaired) electrons. The number of carbonyl (C=O) groups excluding carboxylic acids is 2. The molecule has 2 amide bonds. The number of hydrogen-bond acceptors (Lipinski definition) is 6. The minimum Gasteiger partial charge on any atom is -0.359 e. The molecule has 10 heteroatoms. The lowest BCUT2D eigenvalue weighted by Gasteiger charge is -2.04. The number of H-pyrrole nitrogens is 2.